The van der Waals surface area contributed by atoms with Gasteiger partial charge in [-0.25, -0.2) is 0 Å². The molecule has 0 fully saturated rings. The van der Waals surface area contributed by atoms with E-state index in [0.717, 1.165) is 12.8 Å². The standard InChI is InChI=1S/C20H40O2.Ag/c1-2-3-4-5-6-7-8-9-10-11-12-13-14-15-16-17-18-19-20(21)22;/h2-19H2,1H3,(H,21,22);. The number of hydrogen-bond donors (Lipinski definition) is 1. The Kier molecular flexibility index (Phi) is 24.6. The fourth-order valence-corrected chi connectivity index (χ4v) is 3.00. The Labute approximate surface area is 160 Å². The molecule has 0 saturated carbocycles. The SMILES string of the molecule is CCCCCCCCCCCCCCCCCCCC(=O)O.[Ag]. The summed E-state index contributed by atoms with van der Waals surface area (Å²) in [6, 6.07) is 0. The van der Waals surface area contributed by atoms with Crippen LogP contribution < -0.4 is 0 Å². The van der Waals surface area contributed by atoms with Gasteiger partial charge in [0.05, 0.1) is 0 Å². The molecule has 0 rings (SSSR count). The molecule has 0 aromatic heterocycles. The third-order valence-electron chi connectivity index (χ3n) is 4.49. The first kappa shape index (κ1) is 25.5. The zero-order valence-electron chi connectivity index (χ0n) is 15.4. The van der Waals surface area contributed by atoms with E-state index in [4.69, 9.17) is 5.11 Å². The van der Waals surface area contributed by atoms with E-state index in [1.807, 2.05) is 0 Å². The van der Waals surface area contributed by atoms with E-state index in [2.05, 4.69) is 6.92 Å². The molecule has 143 valence electrons. The van der Waals surface area contributed by atoms with Crippen molar-refractivity contribution in [3.8, 4) is 0 Å². The topological polar surface area (TPSA) is 37.3 Å². The average Bonchev–Trinajstić information content (AvgIpc) is 2.50. The zero-order chi connectivity index (χ0) is 16.3. The Hall–Kier alpha value is 0.210. The van der Waals surface area contributed by atoms with E-state index in [0.29, 0.717) is 6.42 Å². The molecule has 0 heterocycles. The molecule has 1 N–H and O–H groups in total. The van der Waals surface area contributed by atoms with Crippen LogP contribution in [0.4, 0.5) is 0 Å². The molecule has 0 aromatic rings. The fraction of sp³-hybridized carbons (Fsp3) is 0.950. The second kappa shape index (κ2) is 22.2. The van der Waals surface area contributed by atoms with Gasteiger partial charge in [0.2, 0.25) is 0 Å². The third kappa shape index (κ3) is 24.6. The van der Waals surface area contributed by atoms with Gasteiger partial charge in [-0.1, -0.05) is 110 Å². The summed E-state index contributed by atoms with van der Waals surface area (Å²) in [7, 11) is 0. The summed E-state index contributed by atoms with van der Waals surface area (Å²) in [6.45, 7) is 2.28. The molecule has 0 spiro atoms. The van der Waals surface area contributed by atoms with E-state index >= 15 is 0 Å². The molecule has 2 nitrogen and oxygen atoms in total. The van der Waals surface area contributed by atoms with Crippen LogP contribution in [0.3, 0.4) is 0 Å². The van der Waals surface area contributed by atoms with Gasteiger partial charge in [-0.05, 0) is 6.42 Å². The van der Waals surface area contributed by atoms with E-state index < -0.39 is 5.97 Å². The van der Waals surface area contributed by atoms with Crippen molar-refractivity contribution < 1.29 is 32.3 Å². The Morgan fingerprint density at radius 1 is 0.565 bits per heavy atom. The molecule has 0 atom stereocenters. The minimum atomic E-state index is -0.652. The summed E-state index contributed by atoms with van der Waals surface area (Å²) in [4.78, 5) is 10.4. The molecule has 0 aliphatic rings. The Morgan fingerprint density at radius 3 is 1.09 bits per heavy atom. The summed E-state index contributed by atoms with van der Waals surface area (Å²) in [5.74, 6) is -0.652. The van der Waals surface area contributed by atoms with E-state index in [1.54, 1.807) is 0 Å². The van der Waals surface area contributed by atoms with Gasteiger partial charge >= 0.3 is 5.97 Å². The van der Waals surface area contributed by atoms with Crippen LogP contribution in [-0.2, 0) is 27.2 Å². The maximum Gasteiger partial charge on any atom is 0.303 e. The Bertz CT molecular complexity index is 232. The maximum atomic E-state index is 10.4. The molecule has 0 amide bonds. The van der Waals surface area contributed by atoms with Gasteiger partial charge in [-0.3, -0.25) is 4.79 Å². The van der Waals surface area contributed by atoms with Crippen molar-refractivity contribution in [1.82, 2.24) is 0 Å². The first-order chi connectivity index (χ1) is 10.8. The van der Waals surface area contributed by atoms with Gasteiger partial charge < -0.3 is 5.11 Å². The Balaban J connectivity index is 0. The van der Waals surface area contributed by atoms with Crippen molar-refractivity contribution in [1.29, 1.82) is 0 Å². The van der Waals surface area contributed by atoms with Crippen LogP contribution in [0.5, 0.6) is 0 Å². The second-order valence-corrected chi connectivity index (χ2v) is 6.80. The third-order valence-corrected chi connectivity index (χ3v) is 4.49. The predicted octanol–water partition coefficient (Wildman–Crippen LogP) is 7.11. The maximum absolute atomic E-state index is 10.4. The Morgan fingerprint density at radius 2 is 0.826 bits per heavy atom. The van der Waals surface area contributed by atoms with Crippen LogP contribution >= 0.6 is 0 Å². The predicted molar refractivity (Wildman–Crippen MR) is 96.4 cm³/mol. The molecule has 1 radical (unpaired) electrons. The smallest absolute Gasteiger partial charge is 0.303 e. The van der Waals surface area contributed by atoms with Crippen molar-refractivity contribution >= 4 is 5.97 Å². The molecule has 0 unspecified atom stereocenters. The summed E-state index contributed by atoms with van der Waals surface area (Å²) >= 11 is 0. The quantitative estimate of drug-likeness (QED) is 0.190. The van der Waals surface area contributed by atoms with Gasteiger partial charge in [0.25, 0.3) is 0 Å². The van der Waals surface area contributed by atoms with Crippen molar-refractivity contribution in [2.45, 2.75) is 122 Å². The number of unbranched alkanes of at least 4 members (excludes halogenated alkanes) is 16. The van der Waals surface area contributed by atoms with Crippen LogP contribution in [0, 0.1) is 0 Å². The number of carbonyl (C=O) groups is 1. The summed E-state index contributed by atoms with van der Waals surface area (Å²) in [5, 5.41) is 8.54. The molecule has 3 heteroatoms. The van der Waals surface area contributed by atoms with Crippen LogP contribution in [0.2, 0.25) is 0 Å². The summed E-state index contributed by atoms with van der Waals surface area (Å²) < 4.78 is 0. The largest absolute Gasteiger partial charge is 0.481 e. The molecule has 23 heavy (non-hydrogen) atoms. The van der Waals surface area contributed by atoms with Gasteiger partial charge in [0, 0.05) is 28.8 Å². The molecule has 0 aliphatic heterocycles. The molecule has 0 saturated heterocycles. The van der Waals surface area contributed by atoms with Crippen LogP contribution in [-0.4, -0.2) is 11.1 Å². The van der Waals surface area contributed by atoms with Gasteiger partial charge in [0.1, 0.15) is 0 Å². The van der Waals surface area contributed by atoms with E-state index in [9.17, 15) is 4.79 Å². The fourth-order valence-electron chi connectivity index (χ4n) is 3.00. The monoisotopic (exact) mass is 419 g/mol. The molecular weight excluding hydrogens is 380 g/mol. The van der Waals surface area contributed by atoms with Crippen molar-refractivity contribution in [2.24, 2.45) is 0 Å². The van der Waals surface area contributed by atoms with Crippen molar-refractivity contribution in [2.75, 3.05) is 0 Å². The molecular formula is C20H40AgO2. The van der Waals surface area contributed by atoms with Gasteiger partial charge in [0.15, 0.2) is 0 Å². The van der Waals surface area contributed by atoms with Crippen LogP contribution in [0.1, 0.15) is 122 Å². The minimum Gasteiger partial charge on any atom is -0.481 e. The second-order valence-electron chi connectivity index (χ2n) is 6.80. The number of rotatable bonds is 18. The first-order valence-corrected chi connectivity index (χ1v) is 9.99. The van der Waals surface area contributed by atoms with Gasteiger partial charge in [-0.15, -0.1) is 0 Å². The van der Waals surface area contributed by atoms with Crippen LogP contribution in [0.15, 0.2) is 0 Å². The number of hydrogen-bond acceptors (Lipinski definition) is 1. The van der Waals surface area contributed by atoms with Crippen molar-refractivity contribution in [3.63, 3.8) is 0 Å². The van der Waals surface area contributed by atoms with Crippen LogP contribution in [0.25, 0.3) is 0 Å². The van der Waals surface area contributed by atoms with E-state index in [1.165, 1.54) is 96.3 Å². The minimum absolute atomic E-state index is 0. The van der Waals surface area contributed by atoms with E-state index in [-0.39, 0.29) is 22.4 Å². The zero-order valence-corrected chi connectivity index (χ0v) is 16.9. The molecule has 0 bridgehead atoms. The van der Waals surface area contributed by atoms with Crippen molar-refractivity contribution in [3.05, 3.63) is 0 Å². The first-order valence-electron chi connectivity index (χ1n) is 9.99. The summed E-state index contributed by atoms with van der Waals surface area (Å²) in [6.07, 6.45) is 23.1. The average molecular weight is 420 g/mol. The van der Waals surface area contributed by atoms with Gasteiger partial charge in [-0.2, -0.15) is 0 Å². The molecule has 0 aliphatic carbocycles. The normalized spacial score (nSPS) is 10.5. The molecule has 0 aromatic carbocycles. The number of carboxylic acids is 1. The number of carboxylic acid groups (broad SMARTS) is 1. The number of aliphatic carboxylic acids is 1. The summed E-state index contributed by atoms with van der Waals surface area (Å²) in [5.41, 5.74) is 0.